The Labute approximate surface area is 107 Å². The number of aromatic nitrogens is 1. The average molecular weight is 246 g/mol. The monoisotopic (exact) mass is 246 g/mol. The number of carbonyl (C=O) groups excluding carboxylic acids is 1. The summed E-state index contributed by atoms with van der Waals surface area (Å²) in [6, 6.07) is 3.74. The lowest BCUT2D eigenvalue weighted by Gasteiger charge is -2.19. The smallest absolute Gasteiger partial charge is 0.161 e. The van der Waals surface area contributed by atoms with E-state index in [2.05, 4.69) is 9.88 Å². The molecular weight excluding hydrogens is 228 g/mol. The summed E-state index contributed by atoms with van der Waals surface area (Å²) >= 11 is 0. The molecule has 2 heterocycles. The molecule has 1 aliphatic heterocycles. The maximum Gasteiger partial charge on any atom is 0.161 e. The molecule has 3 rings (SSSR count). The molecule has 2 aliphatic rings. The number of rotatable bonds is 2. The van der Waals surface area contributed by atoms with Gasteiger partial charge in [-0.05, 0) is 37.8 Å². The van der Waals surface area contributed by atoms with E-state index < -0.39 is 0 Å². The maximum absolute atomic E-state index is 11.2. The van der Waals surface area contributed by atoms with Gasteiger partial charge in [-0.15, -0.1) is 0 Å². The number of fused-ring (bicyclic) bond motifs is 1. The number of nitrogens with zero attached hydrogens (tertiary/aromatic N) is 2. The first-order chi connectivity index (χ1) is 8.65. The fraction of sp³-hybridized carbons (Fsp3) is 0.571. The van der Waals surface area contributed by atoms with Gasteiger partial charge in [0.2, 0.25) is 0 Å². The number of pyridine rings is 1. The highest BCUT2D eigenvalue weighted by Crippen LogP contribution is 2.39. The first-order valence-electron chi connectivity index (χ1n) is 6.55. The number of aliphatic hydroxyl groups is 1. The maximum atomic E-state index is 11.2. The lowest BCUT2D eigenvalue weighted by Crippen LogP contribution is -2.25. The highest BCUT2D eigenvalue weighted by atomic mass is 16.3. The van der Waals surface area contributed by atoms with Crippen LogP contribution in [0, 0.1) is 11.8 Å². The molecule has 0 radical (unpaired) electrons. The zero-order valence-electron chi connectivity index (χ0n) is 10.5. The molecule has 2 fully saturated rings. The summed E-state index contributed by atoms with van der Waals surface area (Å²) in [5.41, 5.74) is 0.651. The van der Waals surface area contributed by atoms with Crippen molar-refractivity contribution < 1.29 is 9.90 Å². The fourth-order valence-corrected chi connectivity index (χ4v) is 3.21. The van der Waals surface area contributed by atoms with Crippen LogP contribution in [0.15, 0.2) is 18.3 Å². The van der Waals surface area contributed by atoms with Crippen molar-refractivity contribution >= 4 is 11.6 Å². The molecule has 1 aromatic rings. The molecular formula is C14H18N2O2. The van der Waals surface area contributed by atoms with Gasteiger partial charge >= 0.3 is 0 Å². The lowest BCUT2D eigenvalue weighted by molar-refractivity contribution is 0.101. The molecule has 1 saturated carbocycles. The van der Waals surface area contributed by atoms with Crippen molar-refractivity contribution in [3.8, 4) is 0 Å². The van der Waals surface area contributed by atoms with Gasteiger partial charge in [0.1, 0.15) is 5.82 Å². The number of hydrogen-bond acceptors (Lipinski definition) is 4. The van der Waals surface area contributed by atoms with E-state index in [0.29, 0.717) is 17.4 Å². The van der Waals surface area contributed by atoms with Gasteiger partial charge in [-0.3, -0.25) is 4.79 Å². The van der Waals surface area contributed by atoms with Crippen LogP contribution in [0.5, 0.6) is 0 Å². The Morgan fingerprint density at radius 2 is 2.22 bits per heavy atom. The molecule has 3 unspecified atom stereocenters. The van der Waals surface area contributed by atoms with Crippen molar-refractivity contribution in [1.82, 2.24) is 4.98 Å². The van der Waals surface area contributed by atoms with Crippen molar-refractivity contribution in [1.29, 1.82) is 0 Å². The minimum atomic E-state index is -0.142. The number of ketones is 1. The van der Waals surface area contributed by atoms with E-state index in [4.69, 9.17) is 0 Å². The number of aliphatic hydroxyl groups excluding tert-OH is 1. The average Bonchev–Trinajstić information content (AvgIpc) is 2.92. The van der Waals surface area contributed by atoms with Crippen LogP contribution in [0.1, 0.15) is 30.1 Å². The third-order valence-corrected chi connectivity index (χ3v) is 4.30. The first-order valence-corrected chi connectivity index (χ1v) is 6.55. The van der Waals surface area contributed by atoms with E-state index in [9.17, 15) is 9.90 Å². The third-order valence-electron chi connectivity index (χ3n) is 4.30. The van der Waals surface area contributed by atoms with Gasteiger partial charge in [0, 0.05) is 30.8 Å². The Kier molecular flexibility index (Phi) is 2.82. The topological polar surface area (TPSA) is 53.4 Å². The van der Waals surface area contributed by atoms with Crippen molar-refractivity contribution in [2.45, 2.75) is 25.9 Å². The van der Waals surface area contributed by atoms with Crippen LogP contribution in [0.25, 0.3) is 0 Å². The number of hydrogen-bond donors (Lipinski definition) is 1. The minimum Gasteiger partial charge on any atom is -0.393 e. The highest BCUT2D eigenvalue weighted by Gasteiger charge is 2.42. The van der Waals surface area contributed by atoms with Crippen LogP contribution in [0.3, 0.4) is 0 Å². The van der Waals surface area contributed by atoms with Gasteiger partial charge in [0.25, 0.3) is 0 Å². The van der Waals surface area contributed by atoms with E-state index >= 15 is 0 Å². The van der Waals surface area contributed by atoms with Crippen molar-refractivity contribution in [3.05, 3.63) is 23.9 Å². The van der Waals surface area contributed by atoms with Crippen LogP contribution in [-0.2, 0) is 0 Å². The molecule has 1 N–H and O–H groups in total. The van der Waals surface area contributed by atoms with Crippen molar-refractivity contribution in [3.63, 3.8) is 0 Å². The Hall–Kier alpha value is -1.42. The standard InChI is InChI=1S/C14H18N2O2/c1-9(17)10-3-5-14(15-6-10)16-7-11-2-4-13(18)12(11)8-16/h3,5-6,11-13,18H,2,4,7-8H2,1H3. The summed E-state index contributed by atoms with van der Waals surface area (Å²) in [6.07, 6.45) is 3.56. The largest absolute Gasteiger partial charge is 0.393 e. The predicted molar refractivity (Wildman–Crippen MR) is 68.7 cm³/mol. The second-order valence-electron chi connectivity index (χ2n) is 5.43. The first kappa shape index (κ1) is 11.7. The Morgan fingerprint density at radius 1 is 1.39 bits per heavy atom. The number of carbonyl (C=O) groups is 1. The molecule has 0 amide bonds. The lowest BCUT2D eigenvalue weighted by atomic mass is 10.00. The Morgan fingerprint density at radius 3 is 2.83 bits per heavy atom. The van der Waals surface area contributed by atoms with E-state index in [1.807, 2.05) is 12.1 Å². The van der Waals surface area contributed by atoms with Gasteiger partial charge in [0.05, 0.1) is 6.10 Å². The third kappa shape index (κ3) is 1.90. The zero-order valence-corrected chi connectivity index (χ0v) is 10.5. The van der Waals surface area contributed by atoms with Crippen LogP contribution < -0.4 is 4.90 Å². The molecule has 4 nitrogen and oxygen atoms in total. The van der Waals surface area contributed by atoms with Gasteiger partial charge < -0.3 is 10.0 Å². The Bertz CT molecular complexity index is 457. The van der Waals surface area contributed by atoms with Gasteiger partial charge in [-0.2, -0.15) is 0 Å². The molecule has 0 aromatic carbocycles. The molecule has 4 heteroatoms. The second kappa shape index (κ2) is 4.35. The Balaban J connectivity index is 1.75. The summed E-state index contributed by atoms with van der Waals surface area (Å²) in [5.74, 6) is 1.97. The number of Topliss-reactive ketones (excluding diaryl/α,β-unsaturated/α-hetero) is 1. The van der Waals surface area contributed by atoms with Crippen LogP contribution in [0.4, 0.5) is 5.82 Å². The summed E-state index contributed by atoms with van der Waals surface area (Å²) in [7, 11) is 0. The summed E-state index contributed by atoms with van der Waals surface area (Å²) in [5, 5.41) is 9.89. The molecule has 96 valence electrons. The normalized spacial score (nSPS) is 30.6. The molecule has 1 aromatic heterocycles. The summed E-state index contributed by atoms with van der Waals surface area (Å²) in [6.45, 7) is 3.42. The molecule has 3 atom stereocenters. The molecule has 18 heavy (non-hydrogen) atoms. The summed E-state index contributed by atoms with van der Waals surface area (Å²) in [4.78, 5) is 17.8. The second-order valence-corrected chi connectivity index (χ2v) is 5.43. The van der Waals surface area contributed by atoms with Gasteiger partial charge in [0.15, 0.2) is 5.78 Å². The van der Waals surface area contributed by atoms with Gasteiger partial charge in [-0.25, -0.2) is 4.98 Å². The molecule has 0 bridgehead atoms. The predicted octanol–water partition coefficient (Wildman–Crippen LogP) is 1.49. The zero-order chi connectivity index (χ0) is 12.7. The van der Waals surface area contributed by atoms with Crippen LogP contribution in [-0.4, -0.2) is 35.1 Å². The minimum absolute atomic E-state index is 0.0442. The summed E-state index contributed by atoms with van der Waals surface area (Å²) < 4.78 is 0. The van der Waals surface area contributed by atoms with Crippen LogP contribution in [0.2, 0.25) is 0 Å². The van der Waals surface area contributed by atoms with E-state index in [1.165, 1.54) is 0 Å². The fourth-order valence-electron chi connectivity index (χ4n) is 3.21. The van der Waals surface area contributed by atoms with Gasteiger partial charge in [-0.1, -0.05) is 0 Å². The number of anilines is 1. The van der Waals surface area contributed by atoms with E-state index in [0.717, 1.165) is 31.7 Å². The molecule has 0 spiro atoms. The van der Waals surface area contributed by atoms with Crippen LogP contribution >= 0.6 is 0 Å². The SMILES string of the molecule is CC(=O)c1ccc(N2CC3CCC(O)C3C2)nc1. The highest BCUT2D eigenvalue weighted by molar-refractivity contribution is 5.93. The van der Waals surface area contributed by atoms with E-state index in [1.54, 1.807) is 13.1 Å². The molecule has 1 saturated heterocycles. The van der Waals surface area contributed by atoms with Crippen molar-refractivity contribution in [2.24, 2.45) is 11.8 Å². The van der Waals surface area contributed by atoms with E-state index in [-0.39, 0.29) is 11.9 Å². The van der Waals surface area contributed by atoms with Crippen molar-refractivity contribution in [2.75, 3.05) is 18.0 Å². The quantitative estimate of drug-likeness (QED) is 0.803. The molecule has 1 aliphatic carbocycles.